The molecule has 4 aromatic heterocycles. The number of H-pyrrole nitrogens is 1. The molecule has 0 aliphatic carbocycles. The summed E-state index contributed by atoms with van der Waals surface area (Å²) in [5, 5.41) is 18.4. The minimum Gasteiger partial charge on any atom is -0.391 e. The zero-order valence-corrected chi connectivity index (χ0v) is 47.5. The molecule has 0 bridgehead atoms. The summed E-state index contributed by atoms with van der Waals surface area (Å²) in [5.74, 6) is -3.82. The molecule has 11 rings (SSSR count). The van der Waals surface area contributed by atoms with Gasteiger partial charge in [-0.15, -0.1) is 11.3 Å². The minimum absolute atomic E-state index is 0.00196. The number of nitrogens with zero attached hydrogens (tertiary/aromatic N) is 8. The highest BCUT2D eigenvalue weighted by Crippen LogP contribution is 2.35. The Morgan fingerprint density at radius 3 is 2.29 bits per heavy atom. The number of nitrogens with one attached hydrogen (secondary N) is 3. The number of hydrogen-bond donors (Lipinski definition) is 4. The number of thiazole rings is 1. The fourth-order valence-electron chi connectivity index (χ4n) is 11.9. The summed E-state index contributed by atoms with van der Waals surface area (Å²) in [6, 6.07) is 20.1. The van der Waals surface area contributed by atoms with E-state index in [1.807, 2.05) is 67.4 Å². The van der Waals surface area contributed by atoms with Crippen molar-refractivity contribution in [2.45, 2.75) is 83.2 Å². The Morgan fingerprint density at radius 1 is 0.878 bits per heavy atom. The molecule has 4 N–H and O–H groups in total. The zero-order valence-electron chi connectivity index (χ0n) is 45.9. The van der Waals surface area contributed by atoms with E-state index in [2.05, 4.69) is 52.3 Å². The summed E-state index contributed by atoms with van der Waals surface area (Å²) in [6.07, 6.45) is 3.46. The van der Waals surface area contributed by atoms with Crippen molar-refractivity contribution in [1.29, 1.82) is 0 Å². The van der Waals surface area contributed by atoms with Gasteiger partial charge in [-0.05, 0) is 106 Å². The number of fused-ring (bicyclic) bond motifs is 1. The van der Waals surface area contributed by atoms with E-state index in [-0.39, 0.29) is 49.4 Å². The summed E-state index contributed by atoms with van der Waals surface area (Å²) in [6.45, 7) is 12.2. The maximum atomic E-state index is 15.9. The van der Waals surface area contributed by atoms with Gasteiger partial charge in [-0.25, -0.2) is 23.1 Å². The maximum Gasteiger partial charge on any atom is 0.301 e. The second kappa shape index (κ2) is 24.1. The quantitative estimate of drug-likeness (QED) is 0.0601. The number of aliphatic hydroxyl groups excluding tert-OH is 1. The number of aryl methyl sites for hydroxylation is 2. The van der Waals surface area contributed by atoms with Gasteiger partial charge in [0.15, 0.2) is 5.82 Å². The van der Waals surface area contributed by atoms with E-state index < -0.39 is 69.7 Å². The highest BCUT2D eigenvalue weighted by atomic mass is 32.2. The van der Waals surface area contributed by atoms with E-state index in [4.69, 9.17) is 4.52 Å². The lowest BCUT2D eigenvalue weighted by Gasteiger charge is -2.39. The summed E-state index contributed by atoms with van der Waals surface area (Å²) >= 11 is 1.58. The number of carbonyl (C=O) groups excluding carboxylic acids is 3. The van der Waals surface area contributed by atoms with Crippen molar-refractivity contribution in [3.05, 3.63) is 136 Å². The number of likely N-dealkylation sites (tertiary alicyclic amines) is 1. The molecule has 5 atom stereocenters. The molecule has 2 amide bonds. The van der Waals surface area contributed by atoms with Crippen molar-refractivity contribution in [3.63, 3.8) is 0 Å². The molecular weight excluding hydrogens is 1100 g/mol. The number of anilines is 2. The summed E-state index contributed by atoms with van der Waals surface area (Å²) in [7, 11) is -4.37. The van der Waals surface area contributed by atoms with Gasteiger partial charge in [-0.1, -0.05) is 41.6 Å². The van der Waals surface area contributed by atoms with E-state index >= 15 is 8.78 Å². The molecule has 4 saturated heterocycles. The first-order valence-corrected chi connectivity index (χ1v) is 30.2. The van der Waals surface area contributed by atoms with Gasteiger partial charge in [0.25, 0.3) is 0 Å². The predicted octanol–water partition coefficient (Wildman–Crippen LogP) is 8.02. The van der Waals surface area contributed by atoms with Crippen LogP contribution in [0.3, 0.4) is 0 Å². The molecule has 0 saturated carbocycles. The lowest BCUT2D eigenvalue weighted by molar-refractivity contribution is -0.140. The third-order valence-electron chi connectivity index (χ3n) is 16.6. The fraction of sp³-hybridized carbons (Fsp3) is 0.424. The standard InChI is InChI=1S/C59H66F3N11O7S2/c1-35-26-52(80-67-35)46(59(77)73-33-45(74)28-51(73)58(76)66-36(2)39-4-6-41(7-5-39)56-37(3)65-34-81-56)17-18-69-22-24-70(25-23-69)31-38-14-19-71(20-15-38)44-10-8-40(9-11-44)42-27-47-48(30-64-57(47)63-29-42)55(75)53-49(61)12-13-50(54(53)62)68-82(78,79)72-21-16-43(60)32-72/h4-13,26-27,29-30,34,36,38,43,45-46,51,68,74H,14-25,28,31-33H2,1-3H3,(H,63,64)(H,66,76)/t36?,43-,45-,46?,51+/m1/s1. The lowest BCUT2D eigenvalue weighted by atomic mass is 9.95. The normalized spacial score (nSPS) is 20.4. The molecule has 2 unspecified atom stereocenters. The van der Waals surface area contributed by atoms with Crippen molar-refractivity contribution in [2.24, 2.45) is 5.92 Å². The molecule has 3 aromatic carbocycles. The van der Waals surface area contributed by atoms with Gasteiger partial charge in [0.1, 0.15) is 35.4 Å². The maximum absolute atomic E-state index is 15.9. The van der Waals surface area contributed by atoms with Crippen molar-refractivity contribution >= 4 is 61.6 Å². The van der Waals surface area contributed by atoms with Crippen LogP contribution in [0.5, 0.6) is 0 Å². The summed E-state index contributed by atoms with van der Waals surface area (Å²) in [4.78, 5) is 63.9. The third kappa shape index (κ3) is 12.2. The number of rotatable bonds is 18. The van der Waals surface area contributed by atoms with Gasteiger partial charge >= 0.3 is 10.2 Å². The number of aromatic nitrogens is 4. The van der Waals surface area contributed by atoms with Crippen molar-refractivity contribution in [2.75, 3.05) is 81.6 Å². The Kier molecular flexibility index (Phi) is 16.7. The van der Waals surface area contributed by atoms with Crippen LogP contribution in [0.25, 0.3) is 32.6 Å². The smallest absolute Gasteiger partial charge is 0.301 e. The number of β-amino-alcohol motifs (C(OH)–C–C–N with tert-alkyl or cyclic N) is 1. The number of ketones is 1. The van der Waals surface area contributed by atoms with E-state index in [9.17, 15) is 32.3 Å². The number of halogens is 3. The first-order chi connectivity index (χ1) is 39.5. The van der Waals surface area contributed by atoms with Crippen LogP contribution in [-0.2, 0) is 19.8 Å². The highest BCUT2D eigenvalue weighted by Gasteiger charge is 2.43. The number of piperazine rings is 1. The second-order valence-electron chi connectivity index (χ2n) is 22.1. The fourth-order valence-corrected chi connectivity index (χ4v) is 14.0. The largest absolute Gasteiger partial charge is 0.391 e. The number of amides is 2. The topological polar surface area (TPSA) is 213 Å². The van der Waals surface area contributed by atoms with Crippen LogP contribution in [0.15, 0.2) is 95.2 Å². The first kappa shape index (κ1) is 56.8. The van der Waals surface area contributed by atoms with Crippen LogP contribution in [0.2, 0.25) is 0 Å². The van der Waals surface area contributed by atoms with Gasteiger partial charge < -0.3 is 39.5 Å². The van der Waals surface area contributed by atoms with Crippen molar-refractivity contribution in [1.82, 2.24) is 44.4 Å². The van der Waals surface area contributed by atoms with Crippen LogP contribution in [-0.4, -0.2) is 161 Å². The number of pyridine rings is 1. The SMILES string of the molecule is Cc1cc(C(CCN2CCN(CC3CCN(c4ccc(-c5cnc6[nH]cc(C(=O)c7c(F)ccc(NS(=O)(=O)N8CC[C@@H](F)C8)c7F)c6c5)cc4)CC3)CC2)C(=O)N2C[C@H](O)C[C@H]2C(=O)NC(C)c2ccc(-c3scnc3C)cc2)on1. The van der Waals surface area contributed by atoms with E-state index in [1.165, 1.54) is 11.1 Å². The predicted molar refractivity (Wildman–Crippen MR) is 306 cm³/mol. The first-order valence-electron chi connectivity index (χ1n) is 27.9. The molecule has 82 heavy (non-hydrogen) atoms. The Balaban J connectivity index is 0.655. The summed E-state index contributed by atoms with van der Waals surface area (Å²) < 4.78 is 79.2. The summed E-state index contributed by atoms with van der Waals surface area (Å²) in [5.41, 5.74) is 6.71. The number of piperidine rings is 1. The zero-order chi connectivity index (χ0) is 57.4. The average Bonchev–Trinajstić information content (AvgIpc) is 4.53. The minimum atomic E-state index is -4.37. The van der Waals surface area contributed by atoms with E-state index in [0.29, 0.717) is 46.9 Å². The number of aromatic amines is 1. The number of benzene rings is 3. The number of alkyl halides is 1. The molecule has 4 aliphatic heterocycles. The van der Waals surface area contributed by atoms with Gasteiger partial charge in [-0.3, -0.25) is 19.1 Å². The Bertz CT molecular complexity index is 3560. The monoisotopic (exact) mass is 1160 g/mol. The molecule has 23 heteroatoms. The van der Waals surface area contributed by atoms with Gasteiger partial charge in [0, 0.05) is 113 Å². The number of carbonyl (C=O) groups is 3. The van der Waals surface area contributed by atoms with Crippen LogP contribution in [0, 0.1) is 31.4 Å². The molecule has 432 valence electrons. The molecule has 4 fully saturated rings. The molecule has 4 aliphatic rings. The number of aliphatic hydroxyl groups is 1. The van der Waals surface area contributed by atoms with E-state index in [0.717, 1.165) is 108 Å². The Hall–Kier alpha value is -7.02. The third-order valence-corrected chi connectivity index (χ3v) is 19.1. The molecule has 0 radical (unpaired) electrons. The van der Waals surface area contributed by atoms with Crippen molar-refractivity contribution < 1.29 is 45.6 Å². The Labute approximate surface area is 477 Å². The molecule has 8 heterocycles. The lowest BCUT2D eigenvalue weighted by Crippen LogP contribution is -2.50. The van der Waals surface area contributed by atoms with Crippen molar-refractivity contribution in [3.8, 4) is 21.6 Å². The van der Waals surface area contributed by atoms with Gasteiger partial charge in [0.2, 0.25) is 17.6 Å². The van der Waals surface area contributed by atoms with Gasteiger partial charge in [-0.2, -0.15) is 12.7 Å². The molecule has 0 spiro atoms. The van der Waals surface area contributed by atoms with Crippen LogP contribution >= 0.6 is 11.3 Å². The molecular formula is C59H66F3N11O7S2. The average molecular weight is 1160 g/mol. The highest BCUT2D eigenvalue weighted by molar-refractivity contribution is 7.90. The van der Waals surface area contributed by atoms with Crippen LogP contribution in [0.4, 0.5) is 24.5 Å². The number of hydrogen-bond acceptors (Lipinski definition) is 14. The second-order valence-corrected chi connectivity index (χ2v) is 24.7. The molecule has 7 aromatic rings. The molecule has 18 nitrogen and oxygen atoms in total. The van der Waals surface area contributed by atoms with E-state index in [1.54, 1.807) is 29.7 Å². The van der Waals surface area contributed by atoms with Crippen LogP contribution in [0.1, 0.15) is 89.6 Å². The van der Waals surface area contributed by atoms with Crippen LogP contribution < -0.4 is 14.9 Å². The Morgan fingerprint density at radius 2 is 1.61 bits per heavy atom. The van der Waals surface area contributed by atoms with Gasteiger partial charge in [0.05, 0.1) is 45.2 Å².